The highest BCUT2D eigenvalue weighted by Crippen LogP contribution is 2.30. The molecule has 0 bridgehead atoms. The first kappa shape index (κ1) is 9.49. The molecule has 2 fully saturated rings. The summed E-state index contributed by atoms with van der Waals surface area (Å²) in [5.41, 5.74) is 0. The van der Waals surface area contributed by atoms with Gasteiger partial charge < -0.3 is 4.90 Å². The fraction of sp³-hybridized carbons (Fsp3) is 0.800. The van der Waals surface area contributed by atoms with E-state index in [9.17, 15) is 9.59 Å². The van der Waals surface area contributed by atoms with E-state index in [4.69, 9.17) is 0 Å². The van der Waals surface area contributed by atoms with Crippen LogP contribution in [0.5, 0.6) is 0 Å². The molecule has 1 saturated carbocycles. The van der Waals surface area contributed by atoms with Crippen LogP contribution in [-0.2, 0) is 4.79 Å². The normalized spacial score (nSPS) is 33.4. The Balaban J connectivity index is 2.03. The molecule has 2 rings (SSSR count). The van der Waals surface area contributed by atoms with Crippen molar-refractivity contribution < 1.29 is 9.59 Å². The average Bonchev–Trinajstić information content (AvgIpc) is 2.52. The minimum absolute atomic E-state index is 0.142. The van der Waals surface area contributed by atoms with E-state index in [0.717, 1.165) is 6.42 Å². The van der Waals surface area contributed by atoms with Crippen molar-refractivity contribution in [3.05, 3.63) is 0 Å². The molecule has 1 saturated heterocycles. The SMILES string of the molecule is CC1CCCC1N1CCC(=O)NC1=O. The van der Waals surface area contributed by atoms with Crippen molar-refractivity contribution in [1.82, 2.24) is 10.2 Å². The summed E-state index contributed by atoms with van der Waals surface area (Å²) in [6, 6.07) is 0.156. The van der Waals surface area contributed by atoms with Crippen LogP contribution in [0.15, 0.2) is 0 Å². The highest BCUT2D eigenvalue weighted by Gasteiger charge is 2.34. The second kappa shape index (κ2) is 3.59. The maximum Gasteiger partial charge on any atom is 0.324 e. The quantitative estimate of drug-likeness (QED) is 0.683. The Morgan fingerprint density at radius 1 is 1.36 bits per heavy atom. The lowest BCUT2D eigenvalue weighted by molar-refractivity contribution is -0.121. The second-order valence-corrected chi connectivity index (χ2v) is 4.27. The minimum Gasteiger partial charge on any atom is -0.321 e. The Kier molecular flexibility index (Phi) is 2.44. The zero-order valence-corrected chi connectivity index (χ0v) is 8.45. The highest BCUT2D eigenvalue weighted by molar-refractivity contribution is 5.96. The standard InChI is InChI=1S/C10H16N2O2/c1-7-3-2-4-8(7)12-6-5-9(13)11-10(12)14/h7-8H,2-6H2,1H3,(H,11,13,14). The molecule has 4 nitrogen and oxygen atoms in total. The second-order valence-electron chi connectivity index (χ2n) is 4.27. The van der Waals surface area contributed by atoms with Crippen molar-refractivity contribution in [2.45, 2.75) is 38.6 Å². The Bertz CT molecular complexity index is 265. The Hall–Kier alpha value is -1.06. The molecule has 0 spiro atoms. The van der Waals surface area contributed by atoms with Crippen LogP contribution in [0.2, 0.25) is 0 Å². The van der Waals surface area contributed by atoms with Crippen LogP contribution in [0.1, 0.15) is 32.6 Å². The molecular weight excluding hydrogens is 180 g/mol. The van der Waals surface area contributed by atoms with Gasteiger partial charge in [-0.2, -0.15) is 0 Å². The summed E-state index contributed by atoms with van der Waals surface area (Å²) in [6.45, 7) is 2.78. The highest BCUT2D eigenvalue weighted by atomic mass is 16.2. The molecule has 14 heavy (non-hydrogen) atoms. The van der Waals surface area contributed by atoms with Crippen molar-refractivity contribution in [1.29, 1.82) is 0 Å². The van der Waals surface area contributed by atoms with Gasteiger partial charge in [0.2, 0.25) is 5.91 Å². The first-order valence-corrected chi connectivity index (χ1v) is 5.29. The van der Waals surface area contributed by atoms with E-state index in [1.807, 2.05) is 4.90 Å². The van der Waals surface area contributed by atoms with E-state index >= 15 is 0 Å². The van der Waals surface area contributed by atoms with Gasteiger partial charge in [0, 0.05) is 19.0 Å². The van der Waals surface area contributed by atoms with Crippen LogP contribution in [0.3, 0.4) is 0 Å². The molecular formula is C10H16N2O2. The molecule has 1 heterocycles. The van der Waals surface area contributed by atoms with Crippen molar-refractivity contribution in [2.75, 3.05) is 6.54 Å². The Morgan fingerprint density at radius 3 is 2.71 bits per heavy atom. The number of hydrogen-bond acceptors (Lipinski definition) is 2. The molecule has 1 aliphatic carbocycles. The summed E-state index contributed by atoms with van der Waals surface area (Å²) in [7, 11) is 0. The number of hydrogen-bond donors (Lipinski definition) is 1. The van der Waals surface area contributed by atoms with Crippen LogP contribution >= 0.6 is 0 Å². The summed E-state index contributed by atoms with van der Waals surface area (Å²) in [6.07, 6.45) is 3.93. The van der Waals surface area contributed by atoms with Gasteiger partial charge in [-0.15, -0.1) is 0 Å². The number of carbonyl (C=O) groups is 2. The maximum atomic E-state index is 11.5. The van der Waals surface area contributed by atoms with Crippen LogP contribution in [0.25, 0.3) is 0 Å². The van der Waals surface area contributed by atoms with Crippen molar-refractivity contribution in [3.63, 3.8) is 0 Å². The fourth-order valence-electron chi connectivity index (χ4n) is 2.48. The molecule has 1 N–H and O–H groups in total. The van der Waals surface area contributed by atoms with E-state index in [-0.39, 0.29) is 11.9 Å². The summed E-state index contributed by atoms with van der Waals surface area (Å²) in [5, 5.41) is 2.37. The van der Waals surface area contributed by atoms with Crippen molar-refractivity contribution >= 4 is 11.9 Å². The first-order chi connectivity index (χ1) is 6.68. The molecule has 0 aromatic carbocycles. The third kappa shape index (κ3) is 1.61. The Labute approximate surface area is 83.6 Å². The third-order valence-corrected chi connectivity index (χ3v) is 3.30. The zero-order valence-electron chi connectivity index (χ0n) is 8.45. The summed E-state index contributed by atoms with van der Waals surface area (Å²) < 4.78 is 0. The molecule has 0 aromatic rings. The first-order valence-electron chi connectivity index (χ1n) is 5.29. The van der Waals surface area contributed by atoms with Gasteiger partial charge in [0.05, 0.1) is 0 Å². The van der Waals surface area contributed by atoms with Crippen LogP contribution in [0, 0.1) is 5.92 Å². The zero-order chi connectivity index (χ0) is 10.1. The van der Waals surface area contributed by atoms with E-state index < -0.39 is 0 Å². The largest absolute Gasteiger partial charge is 0.324 e. The van der Waals surface area contributed by atoms with E-state index in [1.165, 1.54) is 12.8 Å². The Morgan fingerprint density at radius 2 is 2.14 bits per heavy atom. The third-order valence-electron chi connectivity index (χ3n) is 3.30. The predicted molar refractivity (Wildman–Crippen MR) is 51.7 cm³/mol. The van der Waals surface area contributed by atoms with Gasteiger partial charge in [0.1, 0.15) is 0 Å². The van der Waals surface area contributed by atoms with E-state index in [2.05, 4.69) is 12.2 Å². The van der Waals surface area contributed by atoms with Crippen LogP contribution in [-0.4, -0.2) is 29.4 Å². The lowest BCUT2D eigenvalue weighted by Gasteiger charge is -2.34. The van der Waals surface area contributed by atoms with E-state index in [1.54, 1.807) is 0 Å². The van der Waals surface area contributed by atoms with Gasteiger partial charge in [-0.1, -0.05) is 13.3 Å². The predicted octanol–water partition coefficient (Wildman–Crippen LogP) is 1.12. The summed E-state index contributed by atoms with van der Waals surface area (Å²) >= 11 is 0. The lowest BCUT2D eigenvalue weighted by atomic mass is 10.0. The molecule has 0 radical (unpaired) electrons. The van der Waals surface area contributed by atoms with E-state index in [0.29, 0.717) is 24.9 Å². The van der Waals surface area contributed by atoms with Crippen molar-refractivity contribution in [3.8, 4) is 0 Å². The number of rotatable bonds is 1. The van der Waals surface area contributed by atoms with Gasteiger partial charge in [-0.25, -0.2) is 4.79 Å². The van der Waals surface area contributed by atoms with Gasteiger partial charge in [-0.05, 0) is 18.8 Å². The van der Waals surface area contributed by atoms with Gasteiger partial charge in [-0.3, -0.25) is 10.1 Å². The lowest BCUT2D eigenvalue weighted by Crippen LogP contribution is -2.54. The number of urea groups is 1. The van der Waals surface area contributed by atoms with Gasteiger partial charge >= 0.3 is 6.03 Å². The molecule has 0 aromatic heterocycles. The average molecular weight is 196 g/mol. The number of imide groups is 1. The fourth-order valence-corrected chi connectivity index (χ4v) is 2.48. The molecule has 2 aliphatic rings. The van der Waals surface area contributed by atoms with Crippen LogP contribution in [0.4, 0.5) is 4.79 Å². The van der Waals surface area contributed by atoms with Crippen molar-refractivity contribution in [2.24, 2.45) is 5.92 Å². The molecule has 2 unspecified atom stereocenters. The van der Waals surface area contributed by atoms with Crippen LogP contribution < -0.4 is 5.32 Å². The molecule has 4 heteroatoms. The maximum absolute atomic E-state index is 11.5. The number of nitrogens with zero attached hydrogens (tertiary/aromatic N) is 1. The monoisotopic (exact) mass is 196 g/mol. The molecule has 2 atom stereocenters. The number of amides is 3. The number of carbonyl (C=O) groups excluding carboxylic acids is 2. The molecule has 3 amide bonds. The smallest absolute Gasteiger partial charge is 0.321 e. The minimum atomic E-state index is -0.194. The van der Waals surface area contributed by atoms with Gasteiger partial charge in [0.25, 0.3) is 0 Å². The summed E-state index contributed by atoms with van der Waals surface area (Å²) in [5.74, 6) is 0.436. The van der Waals surface area contributed by atoms with Gasteiger partial charge in [0.15, 0.2) is 0 Å². The molecule has 1 aliphatic heterocycles. The topological polar surface area (TPSA) is 49.4 Å². The summed E-state index contributed by atoms with van der Waals surface area (Å²) in [4.78, 5) is 24.3. The molecule has 78 valence electrons. The number of nitrogens with one attached hydrogen (secondary N) is 1.